The number of halogens is 3. The highest BCUT2D eigenvalue weighted by molar-refractivity contribution is 5.98. The molecule has 0 radical (unpaired) electrons. The number of aromatic amines is 1. The second kappa shape index (κ2) is 6.22. The number of benzene rings is 2. The molecule has 0 atom stereocenters. The largest absolute Gasteiger partial charge is 0.506 e. The van der Waals surface area contributed by atoms with Gasteiger partial charge in [-0.3, -0.25) is 0 Å². The second-order valence-corrected chi connectivity index (χ2v) is 6.03. The number of carbonyl (C=O) groups is 1. The Morgan fingerprint density at radius 1 is 1.11 bits per heavy atom. The van der Waals surface area contributed by atoms with Crippen LogP contribution in [0, 0.1) is 0 Å². The van der Waals surface area contributed by atoms with Crippen LogP contribution in [0.15, 0.2) is 42.5 Å². The lowest BCUT2D eigenvalue weighted by molar-refractivity contribution is -0.140. The van der Waals surface area contributed by atoms with E-state index in [9.17, 15) is 23.1 Å². The molecule has 2 aromatic heterocycles. The number of nitrogens with zero attached hydrogens (tertiary/aromatic N) is 2. The Kier molecular flexibility index (Phi) is 3.95. The highest BCUT2D eigenvalue weighted by Crippen LogP contribution is 2.36. The zero-order valence-corrected chi connectivity index (χ0v) is 14.3. The molecule has 4 rings (SSSR count). The Morgan fingerprint density at radius 2 is 1.89 bits per heavy atom. The van der Waals surface area contributed by atoms with Crippen LogP contribution >= 0.6 is 0 Å². The predicted octanol–water partition coefficient (Wildman–Crippen LogP) is 4.29. The molecule has 0 saturated heterocycles. The maximum absolute atomic E-state index is 12.9. The lowest BCUT2D eigenvalue weighted by Gasteiger charge is -2.09. The van der Waals surface area contributed by atoms with Gasteiger partial charge in [-0.2, -0.15) is 13.2 Å². The molecule has 28 heavy (non-hydrogen) atoms. The Balaban J connectivity index is 1.89. The van der Waals surface area contributed by atoms with Gasteiger partial charge in [-0.25, -0.2) is 14.8 Å². The van der Waals surface area contributed by atoms with Gasteiger partial charge in [0.1, 0.15) is 22.8 Å². The Labute approximate surface area is 155 Å². The van der Waals surface area contributed by atoms with Crippen LogP contribution in [0.25, 0.3) is 33.3 Å². The Bertz CT molecular complexity index is 1230. The number of carbonyl (C=O) groups excluding carboxylic acids is 1. The van der Waals surface area contributed by atoms with E-state index in [4.69, 9.17) is 0 Å². The number of methoxy groups -OCH3 is 1. The van der Waals surface area contributed by atoms with Crippen LogP contribution in [0.3, 0.4) is 0 Å². The number of aromatic hydroxyl groups is 1. The number of ether oxygens (including phenoxy) is 1. The van der Waals surface area contributed by atoms with Crippen molar-refractivity contribution >= 4 is 27.9 Å². The van der Waals surface area contributed by atoms with Crippen LogP contribution < -0.4 is 0 Å². The van der Waals surface area contributed by atoms with Crippen molar-refractivity contribution in [2.24, 2.45) is 0 Å². The summed E-state index contributed by atoms with van der Waals surface area (Å²) in [6.07, 6.45) is -4.62. The molecule has 2 aromatic carbocycles. The number of aromatic nitrogens is 3. The maximum Gasteiger partial charge on any atom is 0.433 e. The van der Waals surface area contributed by atoms with Gasteiger partial charge in [0, 0.05) is 10.9 Å². The van der Waals surface area contributed by atoms with Crippen LogP contribution in [0.2, 0.25) is 0 Å². The van der Waals surface area contributed by atoms with Crippen LogP contribution in [0.1, 0.15) is 16.1 Å². The summed E-state index contributed by atoms with van der Waals surface area (Å²) in [6.45, 7) is 0. The Morgan fingerprint density at radius 3 is 2.61 bits per heavy atom. The third-order valence-corrected chi connectivity index (χ3v) is 4.29. The summed E-state index contributed by atoms with van der Waals surface area (Å²) in [4.78, 5) is 22.7. The molecule has 6 nitrogen and oxygen atoms in total. The molecule has 0 aliphatic rings. The molecule has 0 amide bonds. The summed E-state index contributed by atoms with van der Waals surface area (Å²) in [5.41, 5.74) is 0.621. The number of phenols is 1. The number of alkyl halides is 3. The normalized spacial score (nSPS) is 11.9. The van der Waals surface area contributed by atoms with Crippen molar-refractivity contribution in [3.8, 4) is 17.1 Å². The smallest absolute Gasteiger partial charge is 0.433 e. The molecule has 0 unspecified atom stereocenters. The molecule has 9 heteroatoms. The first-order valence-electron chi connectivity index (χ1n) is 8.06. The number of H-pyrrole nitrogens is 1. The maximum atomic E-state index is 12.9. The summed E-state index contributed by atoms with van der Waals surface area (Å²) in [6, 6.07) is 9.66. The van der Waals surface area contributed by atoms with Gasteiger partial charge >= 0.3 is 12.1 Å². The van der Waals surface area contributed by atoms with Gasteiger partial charge in [0.05, 0.1) is 23.7 Å². The molecule has 0 saturated carbocycles. The van der Waals surface area contributed by atoms with Gasteiger partial charge in [0.15, 0.2) is 0 Å². The molecule has 4 aromatic rings. The van der Waals surface area contributed by atoms with Gasteiger partial charge in [0.25, 0.3) is 0 Å². The van der Waals surface area contributed by atoms with Crippen molar-refractivity contribution in [3.05, 3.63) is 53.7 Å². The molecule has 0 aliphatic carbocycles. The number of fused-ring (bicyclic) bond motifs is 2. The minimum absolute atomic E-state index is 0.178. The minimum Gasteiger partial charge on any atom is -0.506 e. The fraction of sp³-hybridized carbons (Fsp3) is 0.105. The van der Waals surface area contributed by atoms with Crippen LogP contribution in [0.4, 0.5) is 13.2 Å². The average Bonchev–Trinajstić information content (AvgIpc) is 3.09. The topological polar surface area (TPSA) is 88.1 Å². The van der Waals surface area contributed by atoms with Crippen LogP contribution in [0.5, 0.6) is 5.75 Å². The van der Waals surface area contributed by atoms with E-state index >= 15 is 0 Å². The number of nitrogens with one attached hydrogen (secondary N) is 1. The first-order chi connectivity index (χ1) is 13.3. The zero-order chi connectivity index (χ0) is 20.1. The summed E-state index contributed by atoms with van der Waals surface area (Å²) in [5, 5.41) is 10.3. The van der Waals surface area contributed by atoms with E-state index in [0.717, 1.165) is 6.07 Å². The van der Waals surface area contributed by atoms with E-state index in [0.29, 0.717) is 33.4 Å². The predicted molar refractivity (Wildman–Crippen MR) is 94.8 cm³/mol. The molecule has 0 bridgehead atoms. The molecule has 2 heterocycles. The van der Waals surface area contributed by atoms with E-state index in [-0.39, 0.29) is 11.3 Å². The molecule has 0 fully saturated rings. The van der Waals surface area contributed by atoms with Crippen molar-refractivity contribution < 1.29 is 27.8 Å². The van der Waals surface area contributed by atoms with Crippen LogP contribution in [-0.4, -0.2) is 33.1 Å². The van der Waals surface area contributed by atoms with Crippen LogP contribution in [-0.2, 0) is 10.9 Å². The van der Waals surface area contributed by atoms with Crippen molar-refractivity contribution in [2.75, 3.05) is 7.11 Å². The number of rotatable bonds is 2. The van der Waals surface area contributed by atoms with Gasteiger partial charge in [0.2, 0.25) is 0 Å². The summed E-state index contributed by atoms with van der Waals surface area (Å²) >= 11 is 0. The summed E-state index contributed by atoms with van der Waals surface area (Å²) in [5.74, 6) is -0.511. The van der Waals surface area contributed by atoms with Crippen molar-refractivity contribution in [1.29, 1.82) is 0 Å². The fourth-order valence-corrected chi connectivity index (χ4v) is 2.95. The van der Waals surface area contributed by atoms with Crippen molar-refractivity contribution in [1.82, 2.24) is 15.0 Å². The highest BCUT2D eigenvalue weighted by Gasteiger charge is 2.33. The number of pyridine rings is 1. The molecular formula is C19H12F3N3O3. The number of hydrogen-bond acceptors (Lipinski definition) is 5. The molecule has 0 aliphatic heterocycles. The first kappa shape index (κ1) is 17.8. The van der Waals surface area contributed by atoms with E-state index < -0.39 is 17.8 Å². The highest BCUT2D eigenvalue weighted by atomic mass is 19.4. The first-order valence-corrected chi connectivity index (χ1v) is 8.06. The van der Waals surface area contributed by atoms with Gasteiger partial charge in [-0.1, -0.05) is 0 Å². The van der Waals surface area contributed by atoms with Gasteiger partial charge < -0.3 is 14.8 Å². The third-order valence-electron chi connectivity index (χ3n) is 4.29. The van der Waals surface area contributed by atoms with Crippen molar-refractivity contribution in [2.45, 2.75) is 6.18 Å². The lowest BCUT2D eigenvalue weighted by atomic mass is 10.1. The van der Waals surface area contributed by atoms with E-state index in [1.54, 1.807) is 18.2 Å². The fourth-order valence-electron chi connectivity index (χ4n) is 2.95. The average molecular weight is 387 g/mol. The number of phenolic OH excluding ortho intramolecular Hbond substituents is 1. The zero-order valence-electron chi connectivity index (χ0n) is 14.3. The van der Waals surface area contributed by atoms with E-state index in [1.165, 1.54) is 25.3 Å². The third kappa shape index (κ3) is 2.90. The van der Waals surface area contributed by atoms with Gasteiger partial charge in [-0.05, 0) is 42.5 Å². The standard InChI is InChI=1S/C19H12F3N3O3/c1-28-18(27)9-2-5-12-13(8-9)24-17(23-12)11-3-6-14(26)16-10(11)4-7-15(25-16)19(20,21)22/h2-8,26H,1H3,(H,23,24). The van der Waals surface area contributed by atoms with Crippen molar-refractivity contribution in [3.63, 3.8) is 0 Å². The molecule has 2 N–H and O–H groups in total. The minimum atomic E-state index is -4.62. The summed E-state index contributed by atoms with van der Waals surface area (Å²) < 4.78 is 43.5. The number of esters is 1. The molecular weight excluding hydrogens is 375 g/mol. The quantitative estimate of drug-likeness (QED) is 0.501. The number of imidazole rings is 1. The summed E-state index contributed by atoms with van der Waals surface area (Å²) in [7, 11) is 1.27. The molecule has 0 spiro atoms. The van der Waals surface area contributed by atoms with E-state index in [1.807, 2.05) is 0 Å². The lowest BCUT2D eigenvalue weighted by Crippen LogP contribution is -2.07. The van der Waals surface area contributed by atoms with Gasteiger partial charge in [-0.15, -0.1) is 0 Å². The molecule has 142 valence electrons. The monoisotopic (exact) mass is 387 g/mol. The number of hydrogen-bond donors (Lipinski definition) is 2. The second-order valence-electron chi connectivity index (χ2n) is 6.03. The SMILES string of the molecule is COC(=O)c1ccc2[nH]c(-c3ccc(O)c4nc(C(F)(F)F)ccc34)nc2c1. The Hall–Kier alpha value is -3.62. The van der Waals surface area contributed by atoms with E-state index in [2.05, 4.69) is 19.7 Å².